The highest BCUT2D eigenvalue weighted by molar-refractivity contribution is 7.17. The van der Waals surface area contributed by atoms with Crippen LogP contribution in [0, 0.1) is 0 Å². The summed E-state index contributed by atoms with van der Waals surface area (Å²) in [5, 5.41) is 7.03. The number of unbranched alkanes of at least 4 members (excludes halogenated alkanes) is 1. The van der Waals surface area contributed by atoms with Crippen LogP contribution in [0.1, 0.15) is 19.8 Å². The van der Waals surface area contributed by atoms with Crippen molar-refractivity contribution in [2.24, 2.45) is 0 Å². The molecule has 1 aliphatic heterocycles. The van der Waals surface area contributed by atoms with Gasteiger partial charge in [0.1, 0.15) is 0 Å². The molecule has 1 fully saturated rings. The number of hydrogen-bond acceptors (Lipinski definition) is 4. The van der Waals surface area contributed by atoms with Gasteiger partial charge in [0.05, 0.1) is 0 Å². The SMILES string of the molecule is CCNCCCCN1CCN(c2cccc3sccc23)CC1. The van der Waals surface area contributed by atoms with E-state index in [0.29, 0.717) is 0 Å². The van der Waals surface area contributed by atoms with Crippen molar-refractivity contribution < 1.29 is 0 Å². The Balaban J connectivity index is 1.48. The molecule has 0 unspecified atom stereocenters. The van der Waals surface area contributed by atoms with Gasteiger partial charge in [0.15, 0.2) is 0 Å². The van der Waals surface area contributed by atoms with Crippen molar-refractivity contribution in [3.05, 3.63) is 29.6 Å². The molecule has 3 nitrogen and oxygen atoms in total. The molecule has 3 rings (SSSR count). The molecule has 1 aromatic heterocycles. The molecular formula is C18H27N3S. The summed E-state index contributed by atoms with van der Waals surface area (Å²) in [5.74, 6) is 0. The first-order chi connectivity index (χ1) is 10.9. The summed E-state index contributed by atoms with van der Waals surface area (Å²) >= 11 is 1.84. The Morgan fingerprint density at radius 1 is 1.09 bits per heavy atom. The number of benzene rings is 1. The van der Waals surface area contributed by atoms with E-state index in [2.05, 4.69) is 51.7 Å². The van der Waals surface area contributed by atoms with Crippen LogP contribution in [-0.2, 0) is 0 Å². The van der Waals surface area contributed by atoms with Crippen molar-refractivity contribution in [1.82, 2.24) is 10.2 Å². The van der Waals surface area contributed by atoms with E-state index in [1.807, 2.05) is 11.3 Å². The Labute approximate surface area is 137 Å². The first-order valence-electron chi connectivity index (χ1n) is 8.52. The molecule has 2 heterocycles. The summed E-state index contributed by atoms with van der Waals surface area (Å²) in [6.07, 6.45) is 2.61. The number of nitrogens with one attached hydrogen (secondary N) is 1. The topological polar surface area (TPSA) is 18.5 Å². The Bertz CT molecular complexity index is 572. The predicted molar refractivity (Wildman–Crippen MR) is 98.3 cm³/mol. The van der Waals surface area contributed by atoms with Gasteiger partial charge in [0.2, 0.25) is 0 Å². The monoisotopic (exact) mass is 317 g/mol. The van der Waals surface area contributed by atoms with Gasteiger partial charge in [-0.2, -0.15) is 0 Å². The summed E-state index contributed by atoms with van der Waals surface area (Å²) in [5.41, 5.74) is 1.42. The van der Waals surface area contributed by atoms with Gasteiger partial charge in [-0.15, -0.1) is 11.3 Å². The van der Waals surface area contributed by atoms with E-state index in [4.69, 9.17) is 0 Å². The summed E-state index contributed by atoms with van der Waals surface area (Å²) in [6, 6.07) is 8.97. The van der Waals surface area contributed by atoms with Crippen LogP contribution in [0.5, 0.6) is 0 Å². The van der Waals surface area contributed by atoms with Crippen LogP contribution < -0.4 is 10.2 Å². The fourth-order valence-corrected chi connectivity index (χ4v) is 4.04. The Morgan fingerprint density at radius 3 is 2.77 bits per heavy atom. The molecule has 0 spiro atoms. The second-order valence-electron chi connectivity index (χ2n) is 6.00. The van der Waals surface area contributed by atoms with Crippen molar-refractivity contribution in [3.63, 3.8) is 0 Å². The standard InChI is InChI=1S/C18H27N3S/c1-2-19-9-3-4-10-20-11-13-21(14-12-20)17-6-5-7-18-16(17)8-15-22-18/h5-8,15,19H,2-4,9-14H2,1H3. The van der Waals surface area contributed by atoms with E-state index in [0.717, 1.165) is 26.2 Å². The highest BCUT2D eigenvalue weighted by atomic mass is 32.1. The van der Waals surface area contributed by atoms with Crippen LogP contribution in [0.15, 0.2) is 29.6 Å². The molecule has 1 aromatic carbocycles. The number of anilines is 1. The molecule has 1 N–H and O–H groups in total. The second kappa shape index (κ2) is 7.95. The quantitative estimate of drug-likeness (QED) is 0.790. The maximum Gasteiger partial charge on any atom is 0.0455 e. The molecule has 120 valence electrons. The van der Waals surface area contributed by atoms with Crippen molar-refractivity contribution in [1.29, 1.82) is 0 Å². The molecule has 22 heavy (non-hydrogen) atoms. The Hall–Kier alpha value is -1.10. The Morgan fingerprint density at radius 2 is 1.95 bits per heavy atom. The van der Waals surface area contributed by atoms with E-state index in [-0.39, 0.29) is 0 Å². The third-order valence-electron chi connectivity index (χ3n) is 4.51. The number of fused-ring (bicyclic) bond motifs is 1. The van der Waals surface area contributed by atoms with Crippen molar-refractivity contribution in [2.75, 3.05) is 50.7 Å². The van der Waals surface area contributed by atoms with Gasteiger partial charge in [0, 0.05) is 42.0 Å². The molecule has 0 bridgehead atoms. The molecule has 0 amide bonds. The van der Waals surface area contributed by atoms with E-state index >= 15 is 0 Å². The number of rotatable bonds is 7. The van der Waals surface area contributed by atoms with Crippen molar-refractivity contribution >= 4 is 27.1 Å². The predicted octanol–water partition coefficient (Wildman–Crippen LogP) is 3.41. The number of piperazine rings is 1. The number of thiophene rings is 1. The van der Waals surface area contributed by atoms with E-state index in [9.17, 15) is 0 Å². The molecule has 0 radical (unpaired) electrons. The van der Waals surface area contributed by atoms with E-state index in [1.54, 1.807) is 0 Å². The van der Waals surface area contributed by atoms with Gasteiger partial charge in [-0.05, 0) is 56.1 Å². The first kappa shape index (κ1) is 15.8. The maximum absolute atomic E-state index is 3.40. The third kappa shape index (κ3) is 3.80. The normalized spacial score (nSPS) is 16.5. The lowest BCUT2D eigenvalue weighted by Gasteiger charge is -2.36. The summed E-state index contributed by atoms with van der Waals surface area (Å²) < 4.78 is 1.41. The van der Waals surface area contributed by atoms with Crippen LogP contribution in [0.25, 0.3) is 10.1 Å². The van der Waals surface area contributed by atoms with Gasteiger partial charge in [-0.3, -0.25) is 4.90 Å². The number of hydrogen-bond donors (Lipinski definition) is 1. The average Bonchev–Trinajstić information content (AvgIpc) is 3.04. The minimum atomic E-state index is 1.09. The Kier molecular flexibility index (Phi) is 5.70. The maximum atomic E-state index is 3.40. The largest absolute Gasteiger partial charge is 0.368 e. The number of nitrogens with zero attached hydrogens (tertiary/aromatic N) is 2. The highest BCUT2D eigenvalue weighted by Gasteiger charge is 2.18. The third-order valence-corrected chi connectivity index (χ3v) is 5.40. The second-order valence-corrected chi connectivity index (χ2v) is 6.95. The lowest BCUT2D eigenvalue weighted by Crippen LogP contribution is -2.46. The zero-order valence-corrected chi connectivity index (χ0v) is 14.4. The zero-order chi connectivity index (χ0) is 15.2. The van der Waals surface area contributed by atoms with Gasteiger partial charge in [0.25, 0.3) is 0 Å². The van der Waals surface area contributed by atoms with Gasteiger partial charge in [-0.25, -0.2) is 0 Å². The molecular weight excluding hydrogens is 290 g/mol. The fraction of sp³-hybridized carbons (Fsp3) is 0.556. The van der Waals surface area contributed by atoms with Crippen molar-refractivity contribution in [3.8, 4) is 0 Å². The van der Waals surface area contributed by atoms with Crippen LogP contribution in [-0.4, -0.2) is 50.7 Å². The summed E-state index contributed by atoms with van der Waals surface area (Å²) in [4.78, 5) is 5.18. The van der Waals surface area contributed by atoms with Gasteiger partial charge >= 0.3 is 0 Å². The first-order valence-corrected chi connectivity index (χ1v) is 9.40. The van der Waals surface area contributed by atoms with Crippen LogP contribution >= 0.6 is 11.3 Å². The molecule has 0 atom stereocenters. The van der Waals surface area contributed by atoms with E-state index < -0.39 is 0 Å². The van der Waals surface area contributed by atoms with Crippen LogP contribution in [0.3, 0.4) is 0 Å². The molecule has 0 saturated carbocycles. The minimum absolute atomic E-state index is 1.09. The summed E-state index contributed by atoms with van der Waals surface area (Å²) in [6.45, 7) is 10.4. The smallest absolute Gasteiger partial charge is 0.0455 e. The molecule has 4 heteroatoms. The van der Waals surface area contributed by atoms with Crippen molar-refractivity contribution in [2.45, 2.75) is 19.8 Å². The van der Waals surface area contributed by atoms with Crippen LogP contribution in [0.2, 0.25) is 0 Å². The molecule has 2 aromatic rings. The average molecular weight is 318 g/mol. The lowest BCUT2D eigenvalue weighted by atomic mass is 10.2. The molecule has 1 aliphatic rings. The summed E-state index contributed by atoms with van der Waals surface area (Å²) in [7, 11) is 0. The zero-order valence-electron chi connectivity index (χ0n) is 13.6. The molecule has 1 saturated heterocycles. The molecule has 0 aliphatic carbocycles. The van der Waals surface area contributed by atoms with Crippen LogP contribution in [0.4, 0.5) is 5.69 Å². The lowest BCUT2D eigenvalue weighted by molar-refractivity contribution is 0.253. The van der Waals surface area contributed by atoms with Gasteiger partial charge < -0.3 is 10.2 Å². The van der Waals surface area contributed by atoms with E-state index in [1.165, 1.54) is 48.2 Å². The fourth-order valence-electron chi connectivity index (χ4n) is 3.23. The minimum Gasteiger partial charge on any atom is -0.368 e. The van der Waals surface area contributed by atoms with Gasteiger partial charge in [-0.1, -0.05) is 13.0 Å². The highest BCUT2D eigenvalue weighted by Crippen LogP contribution is 2.31.